The molecule has 0 aliphatic rings. The Kier molecular flexibility index (Phi) is 4.59. The van der Waals surface area contributed by atoms with Crippen molar-refractivity contribution in [1.29, 1.82) is 0 Å². The van der Waals surface area contributed by atoms with Crippen molar-refractivity contribution in [3.8, 4) is 5.75 Å². The van der Waals surface area contributed by atoms with Crippen molar-refractivity contribution in [3.63, 3.8) is 0 Å². The molecule has 0 atom stereocenters. The number of phenolic OH excluding ortho intramolecular Hbond substituents is 1. The Labute approximate surface area is 91.5 Å². The summed E-state index contributed by atoms with van der Waals surface area (Å²) in [5.41, 5.74) is 7.61. The van der Waals surface area contributed by atoms with Crippen LogP contribution in [0, 0.1) is 6.92 Å². The van der Waals surface area contributed by atoms with Gasteiger partial charge in [0.2, 0.25) is 0 Å². The zero-order valence-corrected chi connectivity index (χ0v) is 9.53. The molecule has 0 amide bonds. The average Bonchev–Trinajstić information content (AvgIpc) is 2.20. The van der Waals surface area contributed by atoms with Crippen LogP contribution in [0.1, 0.15) is 17.5 Å². The number of nitrogens with zero attached hydrogens (tertiary/aromatic N) is 1. The first-order valence-corrected chi connectivity index (χ1v) is 5.30. The first kappa shape index (κ1) is 12.0. The highest BCUT2D eigenvalue weighted by atomic mass is 16.3. The van der Waals surface area contributed by atoms with E-state index < -0.39 is 0 Å². The van der Waals surface area contributed by atoms with Gasteiger partial charge in [-0.15, -0.1) is 0 Å². The number of benzene rings is 1. The van der Waals surface area contributed by atoms with E-state index in [1.165, 1.54) is 5.56 Å². The number of aromatic hydroxyl groups is 1. The number of hydrogen-bond acceptors (Lipinski definition) is 3. The van der Waals surface area contributed by atoms with Gasteiger partial charge in [0.15, 0.2) is 0 Å². The van der Waals surface area contributed by atoms with E-state index in [2.05, 4.69) is 4.90 Å². The quantitative estimate of drug-likeness (QED) is 0.770. The standard InChI is InChI=1S/C12H20N2O/c1-10-4-5-12(15)11(8-10)9-14(2)7-3-6-13/h4-5,8,15H,3,6-7,9,13H2,1-2H3. The summed E-state index contributed by atoms with van der Waals surface area (Å²) in [5.74, 6) is 0.375. The summed E-state index contributed by atoms with van der Waals surface area (Å²) in [6.45, 7) is 4.48. The maximum atomic E-state index is 9.66. The number of nitrogens with two attached hydrogens (primary N) is 1. The summed E-state index contributed by atoms with van der Waals surface area (Å²) in [4.78, 5) is 2.17. The lowest BCUT2D eigenvalue weighted by atomic mass is 10.1. The molecule has 3 heteroatoms. The van der Waals surface area contributed by atoms with Crippen LogP contribution < -0.4 is 5.73 Å². The fraction of sp³-hybridized carbons (Fsp3) is 0.500. The third kappa shape index (κ3) is 3.90. The molecule has 0 fully saturated rings. The molecule has 0 radical (unpaired) electrons. The van der Waals surface area contributed by atoms with Gasteiger partial charge in [0, 0.05) is 12.1 Å². The molecule has 3 N–H and O–H groups in total. The summed E-state index contributed by atoms with van der Waals surface area (Å²) in [6.07, 6.45) is 0.989. The molecule has 0 bridgehead atoms. The lowest BCUT2D eigenvalue weighted by Crippen LogP contribution is -2.21. The molecule has 1 aromatic rings. The molecular formula is C12H20N2O. The van der Waals surface area contributed by atoms with Crippen molar-refractivity contribution in [2.75, 3.05) is 20.1 Å². The monoisotopic (exact) mass is 208 g/mol. The summed E-state index contributed by atoms with van der Waals surface area (Å²) in [6, 6.07) is 5.69. The molecule has 0 saturated carbocycles. The van der Waals surface area contributed by atoms with Crippen molar-refractivity contribution >= 4 is 0 Å². The van der Waals surface area contributed by atoms with E-state index in [-0.39, 0.29) is 0 Å². The first-order valence-electron chi connectivity index (χ1n) is 5.30. The van der Waals surface area contributed by atoms with Gasteiger partial charge in [-0.3, -0.25) is 0 Å². The van der Waals surface area contributed by atoms with Crippen LogP contribution in [0.4, 0.5) is 0 Å². The highest BCUT2D eigenvalue weighted by Gasteiger charge is 2.04. The minimum absolute atomic E-state index is 0.375. The Morgan fingerprint density at radius 2 is 2.13 bits per heavy atom. The largest absolute Gasteiger partial charge is 0.508 e. The Bertz CT molecular complexity index is 312. The van der Waals surface area contributed by atoms with Crippen LogP contribution in [-0.4, -0.2) is 30.1 Å². The lowest BCUT2D eigenvalue weighted by molar-refractivity contribution is 0.317. The van der Waals surface area contributed by atoms with E-state index in [1.807, 2.05) is 26.1 Å². The van der Waals surface area contributed by atoms with Crippen molar-refractivity contribution < 1.29 is 5.11 Å². The van der Waals surface area contributed by atoms with E-state index in [9.17, 15) is 5.11 Å². The predicted octanol–water partition coefficient (Wildman–Crippen LogP) is 1.48. The third-order valence-electron chi connectivity index (χ3n) is 2.42. The maximum Gasteiger partial charge on any atom is 0.120 e. The number of hydrogen-bond donors (Lipinski definition) is 2. The summed E-state index contributed by atoms with van der Waals surface area (Å²) in [5, 5.41) is 9.66. The number of phenols is 1. The fourth-order valence-corrected chi connectivity index (χ4v) is 1.57. The molecule has 0 spiro atoms. The first-order chi connectivity index (χ1) is 7.13. The fourth-order valence-electron chi connectivity index (χ4n) is 1.57. The van der Waals surface area contributed by atoms with Gasteiger partial charge in [-0.25, -0.2) is 0 Å². The minimum Gasteiger partial charge on any atom is -0.508 e. The van der Waals surface area contributed by atoms with Crippen LogP contribution in [0.2, 0.25) is 0 Å². The molecule has 0 saturated heterocycles. The topological polar surface area (TPSA) is 49.5 Å². The molecule has 84 valence electrons. The van der Waals surface area contributed by atoms with Crippen molar-refractivity contribution in [3.05, 3.63) is 29.3 Å². The number of aryl methyl sites for hydroxylation is 1. The van der Waals surface area contributed by atoms with Gasteiger partial charge in [-0.1, -0.05) is 17.7 Å². The van der Waals surface area contributed by atoms with Crippen LogP contribution in [0.15, 0.2) is 18.2 Å². The average molecular weight is 208 g/mol. The molecule has 15 heavy (non-hydrogen) atoms. The van der Waals surface area contributed by atoms with E-state index in [1.54, 1.807) is 6.07 Å². The molecule has 0 aromatic heterocycles. The number of rotatable bonds is 5. The van der Waals surface area contributed by atoms with E-state index in [0.29, 0.717) is 12.3 Å². The third-order valence-corrected chi connectivity index (χ3v) is 2.42. The van der Waals surface area contributed by atoms with E-state index in [4.69, 9.17) is 5.73 Å². The van der Waals surface area contributed by atoms with Crippen LogP contribution in [0.5, 0.6) is 5.75 Å². The Hall–Kier alpha value is -1.06. The van der Waals surface area contributed by atoms with Crippen molar-refractivity contribution in [2.24, 2.45) is 5.73 Å². The summed E-state index contributed by atoms with van der Waals surface area (Å²) < 4.78 is 0. The van der Waals surface area contributed by atoms with Crippen molar-refractivity contribution in [1.82, 2.24) is 4.90 Å². The van der Waals surface area contributed by atoms with Gasteiger partial charge in [-0.2, -0.15) is 0 Å². The highest BCUT2D eigenvalue weighted by Crippen LogP contribution is 2.19. The predicted molar refractivity (Wildman–Crippen MR) is 62.8 cm³/mol. The van der Waals surface area contributed by atoms with Crippen LogP contribution >= 0.6 is 0 Å². The molecule has 3 nitrogen and oxygen atoms in total. The molecule has 0 heterocycles. The van der Waals surface area contributed by atoms with Gasteiger partial charge in [0.1, 0.15) is 5.75 Å². The van der Waals surface area contributed by atoms with Crippen LogP contribution in [0.25, 0.3) is 0 Å². The molecule has 0 aliphatic heterocycles. The lowest BCUT2D eigenvalue weighted by Gasteiger charge is -2.17. The molecule has 0 unspecified atom stereocenters. The Morgan fingerprint density at radius 1 is 1.40 bits per heavy atom. The maximum absolute atomic E-state index is 9.66. The Morgan fingerprint density at radius 3 is 2.80 bits per heavy atom. The smallest absolute Gasteiger partial charge is 0.120 e. The van der Waals surface area contributed by atoms with Crippen LogP contribution in [-0.2, 0) is 6.54 Å². The van der Waals surface area contributed by atoms with E-state index in [0.717, 1.165) is 25.1 Å². The highest BCUT2D eigenvalue weighted by molar-refractivity contribution is 5.35. The minimum atomic E-state index is 0.375. The van der Waals surface area contributed by atoms with Gasteiger partial charge in [-0.05, 0) is 39.5 Å². The Balaban J connectivity index is 2.59. The normalized spacial score (nSPS) is 10.9. The second-order valence-electron chi connectivity index (χ2n) is 4.01. The molecule has 1 aromatic carbocycles. The van der Waals surface area contributed by atoms with Gasteiger partial charge < -0.3 is 15.7 Å². The van der Waals surface area contributed by atoms with Gasteiger partial charge in [0.25, 0.3) is 0 Å². The van der Waals surface area contributed by atoms with Crippen LogP contribution in [0.3, 0.4) is 0 Å². The second kappa shape index (κ2) is 5.73. The summed E-state index contributed by atoms with van der Waals surface area (Å²) >= 11 is 0. The zero-order chi connectivity index (χ0) is 11.3. The summed E-state index contributed by atoms with van der Waals surface area (Å²) in [7, 11) is 2.04. The SMILES string of the molecule is Cc1ccc(O)c(CN(C)CCCN)c1. The molecule has 0 aliphatic carbocycles. The van der Waals surface area contributed by atoms with Gasteiger partial charge >= 0.3 is 0 Å². The molecular weight excluding hydrogens is 188 g/mol. The van der Waals surface area contributed by atoms with Gasteiger partial charge in [0.05, 0.1) is 0 Å². The second-order valence-corrected chi connectivity index (χ2v) is 4.01. The zero-order valence-electron chi connectivity index (χ0n) is 9.53. The molecule has 1 rings (SSSR count). The van der Waals surface area contributed by atoms with E-state index >= 15 is 0 Å². The van der Waals surface area contributed by atoms with Crippen molar-refractivity contribution in [2.45, 2.75) is 19.9 Å².